The minimum absolute atomic E-state index is 0.0593. The van der Waals surface area contributed by atoms with Gasteiger partial charge in [-0.05, 0) is 33.6 Å². The number of hydrogen-bond donors (Lipinski definition) is 1. The number of aryl methyl sites for hydroxylation is 1. The van der Waals surface area contributed by atoms with Crippen LogP contribution >= 0.6 is 0 Å². The van der Waals surface area contributed by atoms with Crippen molar-refractivity contribution >= 4 is 0 Å². The van der Waals surface area contributed by atoms with Crippen LogP contribution in [0.15, 0.2) is 0 Å². The van der Waals surface area contributed by atoms with Gasteiger partial charge in [0.05, 0.1) is 11.2 Å². The van der Waals surface area contributed by atoms with Gasteiger partial charge in [-0.15, -0.1) is 0 Å². The van der Waals surface area contributed by atoms with Crippen molar-refractivity contribution in [2.45, 2.75) is 53.0 Å². The largest absolute Gasteiger partial charge is 0.504 e. The number of rotatable bonds is 2. The molecule has 3 nitrogen and oxygen atoms in total. The Bertz CT molecular complexity index is 321. The molecule has 0 amide bonds. The minimum atomic E-state index is -0.0593. The maximum atomic E-state index is 9.89. The van der Waals surface area contributed by atoms with Crippen LogP contribution in [0.4, 0.5) is 0 Å². The van der Waals surface area contributed by atoms with E-state index in [1.807, 2.05) is 18.5 Å². The topological polar surface area (TPSA) is 38.0 Å². The Balaban J connectivity index is 3.30. The van der Waals surface area contributed by atoms with Crippen LogP contribution in [0.2, 0.25) is 0 Å². The summed E-state index contributed by atoms with van der Waals surface area (Å²) in [5.74, 6) is 0.380. The van der Waals surface area contributed by atoms with E-state index >= 15 is 0 Å². The summed E-state index contributed by atoms with van der Waals surface area (Å²) >= 11 is 0. The monoisotopic (exact) mass is 196 g/mol. The first-order chi connectivity index (χ1) is 6.41. The van der Waals surface area contributed by atoms with Crippen molar-refractivity contribution in [2.75, 3.05) is 0 Å². The van der Waals surface area contributed by atoms with Gasteiger partial charge in [0.15, 0.2) is 5.75 Å². The molecule has 0 unspecified atom stereocenters. The van der Waals surface area contributed by atoms with Gasteiger partial charge >= 0.3 is 0 Å². The first-order valence-corrected chi connectivity index (χ1v) is 5.22. The molecule has 0 aliphatic heterocycles. The molecule has 1 rings (SSSR count). The fourth-order valence-electron chi connectivity index (χ4n) is 1.61. The normalized spacial score (nSPS) is 12.1. The number of nitrogens with zero attached hydrogens (tertiary/aromatic N) is 2. The fraction of sp³-hybridized carbons (Fsp3) is 0.727. The number of aromatic nitrogens is 2. The molecular weight excluding hydrogens is 176 g/mol. The molecule has 0 atom stereocenters. The van der Waals surface area contributed by atoms with Crippen molar-refractivity contribution in [1.29, 1.82) is 0 Å². The highest BCUT2D eigenvalue weighted by atomic mass is 16.3. The zero-order chi connectivity index (χ0) is 10.9. The average molecular weight is 196 g/mol. The van der Waals surface area contributed by atoms with E-state index in [0.29, 0.717) is 5.75 Å². The predicted molar refractivity (Wildman–Crippen MR) is 57.6 cm³/mol. The van der Waals surface area contributed by atoms with Gasteiger partial charge < -0.3 is 5.11 Å². The summed E-state index contributed by atoms with van der Waals surface area (Å²) in [4.78, 5) is 0. The molecule has 0 fully saturated rings. The maximum absolute atomic E-state index is 9.89. The summed E-state index contributed by atoms with van der Waals surface area (Å²) in [6.07, 6.45) is 1.60. The fourth-order valence-corrected chi connectivity index (χ4v) is 1.61. The molecule has 1 N–H and O–H groups in total. The lowest BCUT2D eigenvalue weighted by Gasteiger charge is -2.21. The molecule has 14 heavy (non-hydrogen) atoms. The molecule has 0 aromatic carbocycles. The zero-order valence-electron chi connectivity index (χ0n) is 9.76. The molecule has 0 aliphatic rings. The first kappa shape index (κ1) is 11.1. The van der Waals surface area contributed by atoms with Crippen LogP contribution in [0.1, 0.15) is 46.0 Å². The standard InChI is InChI=1S/C11H20N2O/c1-6-8-10(14)9(7-2)13(12-8)11(3,4)5/h14H,6-7H2,1-5H3. The molecule has 0 aliphatic carbocycles. The highest BCUT2D eigenvalue weighted by Crippen LogP contribution is 2.27. The summed E-state index contributed by atoms with van der Waals surface area (Å²) in [6, 6.07) is 0. The first-order valence-electron chi connectivity index (χ1n) is 5.22. The molecule has 1 aromatic rings. The second kappa shape index (κ2) is 3.64. The highest BCUT2D eigenvalue weighted by molar-refractivity contribution is 5.33. The summed E-state index contributed by atoms with van der Waals surface area (Å²) in [7, 11) is 0. The smallest absolute Gasteiger partial charge is 0.160 e. The maximum Gasteiger partial charge on any atom is 0.160 e. The van der Waals surface area contributed by atoms with Crippen LogP contribution in [0, 0.1) is 0 Å². The lowest BCUT2D eigenvalue weighted by atomic mass is 10.1. The van der Waals surface area contributed by atoms with E-state index in [0.717, 1.165) is 24.2 Å². The SMILES string of the molecule is CCc1nn(C(C)(C)C)c(CC)c1O. The highest BCUT2D eigenvalue weighted by Gasteiger charge is 2.22. The van der Waals surface area contributed by atoms with E-state index in [-0.39, 0.29) is 5.54 Å². The lowest BCUT2D eigenvalue weighted by molar-refractivity contribution is 0.339. The van der Waals surface area contributed by atoms with Crippen LogP contribution in [0.3, 0.4) is 0 Å². The zero-order valence-corrected chi connectivity index (χ0v) is 9.76. The number of aromatic hydroxyl groups is 1. The Morgan fingerprint density at radius 2 is 1.79 bits per heavy atom. The molecule has 0 bridgehead atoms. The van der Waals surface area contributed by atoms with E-state index in [1.165, 1.54) is 0 Å². The van der Waals surface area contributed by atoms with Gasteiger partial charge in [-0.2, -0.15) is 5.10 Å². The van der Waals surface area contributed by atoms with Crippen LogP contribution < -0.4 is 0 Å². The Hall–Kier alpha value is -0.990. The van der Waals surface area contributed by atoms with Crippen LogP contribution in [0.25, 0.3) is 0 Å². The van der Waals surface area contributed by atoms with E-state index < -0.39 is 0 Å². The Labute approximate surface area is 85.8 Å². The molecule has 80 valence electrons. The minimum Gasteiger partial charge on any atom is -0.504 e. The van der Waals surface area contributed by atoms with Crippen molar-refractivity contribution in [1.82, 2.24) is 9.78 Å². The van der Waals surface area contributed by atoms with Gasteiger partial charge in [-0.1, -0.05) is 13.8 Å². The van der Waals surface area contributed by atoms with Gasteiger partial charge in [0.25, 0.3) is 0 Å². The summed E-state index contributed by atoms with van der Waals surface area (Å²) < 4.78 is 1.93. The van der Waals surface area contributed by atoms with Gasteiger partial charge in [0.1, 0.15) is 5.69 Å². The summed E-state index contributed by atoms with van der Waals surface area (Å²) in [5.41, 5.74) is 1.68. The van der Waals surface area contributed by atoms with Gasteiger partial charge in [0.2, 0.25) is 0 Å². The van der Waals surface area contributed by atoms with Crippen molar-refractivity contribution in [3.8, 4) is 5.75 Å². The van der Waals surface area contributed by atoms with Crippen molar-refractivity contribution in [2.24, 2.45) is 0 Å². The number of hydrogen-bond acceptors (Lipinski definition) is 2. The van der Waals surface area contributed by atoms with Crippen molar-refractivity contribution < 1.29 is 5.11 Å². The second-order valence-corrected chi connectivity index (χ2v) is 4.53. The average Bonchev–Trinajstić information content (AvgIpc) is 2.41. The third kappa shape index (κ3) is 1.76. The molecule has 1 heterocycles. The van der Waals surface area contributed by atoms with E-state index in [9.17, 15) is 5.11 Å². The van der Waals surface area contributed by atoms with Gasteiger partial charge in [-0.3, -0.25) is 4.68 Å². The third-order valence-electron chi connectivity index (χ3n) is 2.33. The quantitative estimate of drug-likeness (QED) is 0.789. The molecule has 0 saturated carbocycles. The van der Waals surface area contributed by atoms with Gasteiger partial charge in [-0.25, -0.2) is 0 Å². The van der Waals surface area contributed by atoms with Gasteiger partial charge in [0, 0.05) is 0 Å². The second-order valence-electron chi connectivity index (χ2n) is 4.53. The predicted octanol–water partition coefficient (Wildman–Crippen LogP) is 2.47. The Morgan fingerprint density at radius 3 is 2.07 bits per heavy atom. The molecule has 0 saturated heterocycles. The Kier molecular flexibility index (Phi) is 2.88. The summed E-state index contributed by atoms with van der Waals surface area (Å²) in [5, 5.41) is 14.3. The molecular formula is C11H20N2O. The van der Waals surface area contributed by atoms with Crippen molar-refractivity contribution in [3.63, 3.8) is 0 Å². The van der Waals surface area contributed by atoms with E-state index in [4.69, 9.17) is 0 Å². The molecule has 0 radical (unpaired) electrons. The Morgan fingerprint density at radius 1 is 1.21 bits per heavy atom. The lowest BCUT2D eigenvalue weighted by Crippen LogP contribution is -2.25. The van der Waals surface area contributed by atoms with Crippen molar-refractivity contribution in [3.05, 3.63) is 11.4 Å². The van der Waals surface area contributed by atoms with Crippen LogP contribution in [-0.2, 0) is 18.4 Å². The third-order valence-corrected chi connectivity index (χ3v) is 2.33. The van der Waals surface area contributed by atoms with E-state index in [2.05, 4.69) is 25.9 Å². The summed E-state index contributed by atoms with van der Waals surface area (Å²) in [6.45, 7) is 10.3. The molecule has 3 heteroatoms. The molecule has 1 aromatic heterocycles. The van der Waals surface area contributed by atoms with Crippen LogP contribution in [-0.4, -0.2) is 14.9 Å². The van der Waals surface area contributed by atoms with E-state index in [1.54, 1.807) is 0 Å². The van der Waals surface area contributed by atoms with Crippen LogP contribution in [0.5, 0.6) is 5.75 Å². The molecule has 0 spiro atoms.